The average molecular weight is 259 g/mol. The summed E-state index contributed by atoms with van der Waals surface area (Å²) in [5.41, 5.74) is 5.65. The molecular formula is C15H21N3O. The molecule has 1 aromatic carbocycles. The third-order valence-electron chi connectivity index (χ3n) is 4.02. The Morgan fingerprint density at radius 3 is 2.68 bits per heavy atom. The molecular weight excluding hydrogens is 238 g/mol. The Balaban J connectivity index is 1.59. The first-order valence-corrected chi connectivity index (χ1v) is 7.18. The number of hydrazine groups is 1. The number of benzene rings is 1. The number of nitrogens with zero attached hydrogens (tertiary/aromatic N) is 1. The first-order valence-electron chi connectivity index (χ1n) is 7.18. The number of nitrogens with one attached hydrogen (secondary N) is 2. The fourth-order valence-corrected chi connectivity index (χ4v) is 2.88. The van der Waals surface area contributed by atoms with Crippen LogP contribution in [0.2, 0.25) is 0 Å². The van der Waals surface area contributed by atoms with Crippen molar-refractivity contribution in [2.24, 2.45) is 0 Å². The highest BCUT2D eigenvalue weighted by Crippen LogP contribution is 2.16. The van der Waals surface area contributed by atoms with Gasteiger partial charge in [-0.15, -0.1) is 0 Å². The van der Waals surface area contributed by atoms with E-state index in [0.29, 0.717) is 0 Å². The summed E-state index contributed by atoms with van der Waals surface area (Å²) in [5.74, 6) is 0.108. The Bertz CT molecular complexity index is 454. The summed E-state index contributed by atoms with van der Waals surface area (Å²) in [5, 5.41) is 5.39. The molecule has 1 saturated heterocycles. The summed E-state index contributed by atoms with van der Waals surface area (Å²) in [7, 11) is 0. The maximum Gasteiger partial charge on any atom is 0.251 e. The zero-order valence-corrected chi connectivity index (χ0v) is 11.2. The Labute approximate surface area is 114 Å². The van der Waals surface area contributed by atoms with Gasteiger partial charge in [0.05, 0.1) is 6.04 Å². The summed E-state index contributed by atoms with van der Waals surface area (Å²) in [6.45, 7) is 2.75. The molecule has 4 nitrogen and oxygen atoms in total. The molecule has 0 radical (unpaired) electrons. The van der Waals surface area contributed by atoms with Gasteiger partial charge >= 0.3 is 0 Å². The van der Waals surface area contributed by atoms with E-state index in [1.165, 1.54) is 30.4 Å². The van der Waals surface area contributed by atoms with Gasteiger partial charge in [0, 0.05) is 19.6 Å². The van der Waals surface area contributed by atoms with Gasteiger partial charge in [0.2, 0.25) is 0 Å². The van der Waals surface area contributed by atoms with E-state index in [1.54, 1.807) is 0 Å². The van der Waals surface area contributed by atoms with Gasteiger partial charge in [0.1, 0.15) is 0 Å². The highest BCUT2D eigenvalue weighted by Gasteiger charge is 2.25. The molecule has 4 heteroatoms. The Morgan fingerprint density at radius 1 is 1.16 bits per heavy atom. The molecule has 1 amide bonds. The van der Waals surface area contributed by atoms with Gasteiger partial charge in [-0.25, -0.2) is 5.01 Å². The van der Waals surface area contributed by atoms with Crippen LogP contribution >= 0.6 is 0 Å². The molecule has 0 aromatic heterocycles. The molecule has 0 saturated carbocycles. The van der Waals surface area contributed by atoms with Crippen LogP contribution in [-0.4, -0.2) is 30.0 Å². The van der Waals surface area contributed by atoms with Gasteiger partial charge in [0.25, 0.3) is 5.91 Å². The van der Waals surface area contributed by atoms with E-state index in [-0.39, 0.29) is 11.9 Å². The lowest BCUT2D eigenvalue weighted by atomic mass is 9.95. The lowest BCUT2D eigenvalue weighted by molar-refractivity contribution is -0.128. The van der Waals surface area contributed by atoms with Gasteiger partial charge in [-0.2, -0.15) is 0 Å². The van der Waals surface area contributed by atoms with Gasteiger partial charge in [-0.1, -0.05) is 30.7 Å². The molecule has 0 aliphatic carbocycles. The van der Waals surface area contributed by atoms with Gasteiger partial charge in [0.15, 0.2) is 0 Å². The Morgan fingerprint density at radius 2 is 1.89 bits per heavy atom. The number of hydrogen-bond acceptors (Lipinski definition) is 3. The Kier molecular flexibility index (Phi) is 3.80. The number of amides is 1. The van der Waals surface area contributed by atoms with Crippen LogP contribution in [0.5, 0.6) is 0 Å². The molecule has 0 spiro atoms. The van der Waals surface area contributed by atoms with Crippen LogP contribution in [0, 0.1) is 0 Å². The van der Waals surface area contributed by atoms with Crippen LogP contribution in [-0.2, 0) is 17.8 Å². The molecule has 1 atom stereocenters. The third kappa shape index (κ3) is 2.96. The normalized spacial score (nSPS) is 23.7. The number of hydrogen-bond donors (Lipinski definition) is 2. The predicted molar refractivity (Wildman–Crippen MR) is 74.3 cm³/mol. The molecule has 0 bridgehead atoms. The summed E-state index contributed by atoms with van der Waals surface area (Å²) in [4.78, 5) is 12.3. The van der Waals surface area contributed by atoms with Crippen molar-refractivity contribution < 1.29 is 4.79 Å². The summed E-state index contributed by atoms with van der Waals surface area (Å²) in [6.07, 6.45) is 4.43. The molecule has 2 heterocycles. The lowest BCUT2D eigenvalue weighted by Crippen LogP contribution is -2.54. The van der Waals surface area contributed by atoms with E-state index in [2.05, 4.69) is 34.0 Å². The van der Waals surface area contributed by atoms with E-state index in [9.17, 15) is 4.79 Å². The van der Waals surface area contributed by atoms with Crippen LogP contribution in [0.15, 0.2) is 24.3 Å². The van der Waals surface area contributed by atoms with Crippen molar-refractivity contribution in [3.05, 3.63) is 35.4 Å². The summed E-state index contributed by atoms with van der Waals surface area (Å²) < 4.78 is 0. The third-order valence-corrected chi connectivity index (χ3v) is 4.02. The second-order valence-electron chi connectivity index (χ2n) is 5.43. The van der Waals surface area contributed by atoms with E-state index in [1.807, 2.05) is 6.07 Å². The second-order valence-corrected chi connectivity index (χ2v) is 5.43. The van der Waals surface area contributed by atoms with Crippen molar-refractivity contribution in [2.45, 2.75) is 38.3 Å². The van der Waals surface area contributed by atoms with Crippen molar-refractivity contribution in [1.29, 1.82) is 0 Å². The standard InChI is InChI=1S/C15H21N3O/c19-15(17-18-8-4-1-5-9-18)14-10-12-6-2-3-7-13(12)11-16-14/h2-3,6-7,14,16H,1,4-5,8-11H2,(H,17,19)/t14-/m1/s1. The minimum absolute atomic E-state index is 0.100. The zero-order valence-electron chi connectivity index (χ0n) is 11.2. The van der Waals surface area contributed by atoms with Crippen LogP contribution in [0.3, 0.4) is 0 Å². The van der Waals surface area contributed by atoms with Gasteiger partial charge < -0.3 is 5.32 Å². The van der Waals surface area contributed by atoms with Crippen molar-refractivity contribution in [2.75, 3.05) is 13.1 Å². The van der Waals surface area contributed by atoms with Crippen molar-refractivity contribution in [3.8, 4) is 0 Å². The summed E-state index contributed by atoms with van der Waals surface area (Å²) >= 11 is 0. The zero-order chi connectivity index (χ0) is 13.1. The number of carbonyl (C=O) groups excluding carboxylic acids is 1. The molecule has 19 heavy (non-hydrogen) atoms. The van der Waals surface area contributed by atoms with Crippen LogP contribution in [0.1, 0.15) is 30.4 Å². The number of rotatable bonds is 2. The smallest absolute Gasteiger partial charge is 0.251 e. The summed E-state index contributed by atoms with van der Waals surface area (Å²) in [6, 6.07) is 8.24. The number of piperidine rings is 1. The topological polar surface area (TPSA) is 44.4 Å². The van der Waals surface area contributed by atoms with E-state index in [4.69, 9.17) is 0 Å². The van der Waals surface area contributed by atoms with Crippen LogP contribution in [0.25, 0.3) is 0 Å². The maximum absolute atomic E-state index is 12.3. The molecule has 2 N–H and O–H groups in total. The highest BCUT2D eigenvalue weighted by molar-refractivity contribution is 5.82. The fourth-order valence-electron chi connectivity index (χ4n) is 2.88. The second kappa shape index (κ2) is 5.72. The first-order chi connectivity index (χ1) is 9.33. The Hall–Kier alpha value is -1.39. The SMILES string of the molecule is O=C(NN1CCCCC1)[C@H]1Cc2ccccc2CN1. The molecule has 2 aliphatic heterocycles. The minimum atomic E-state index is -0.100. The molecule has 102 valence electrons. The van der Waals surface area contributed by atoms with Crippen molar-refractivity contribution in [1.82, 2.24) is 15.8 Å². The van der Waals surface area contributed by atoms with Gasteiger partial charge in [-0.3, -0.25) is 10.2 Å². The quantitative estimate of drug-likeness (QED) is 0.839. The molecule has 1 fully saturated rings. The van der Waals surface area contributed by atoms with E-state index < -0.39 is 0 Å². The lowest BCUT2D eigenvalue weighted by Gasteiger charge is -2.31. The molecule has 1 aromatic rings. The highest BCUT2D eigenvalue weighted by atomic mass is 16.2. The molecule has 0 unspecified atom stereocenters. The van der Waals surface area contributed by atoms with Crippen molar-refractivity contribution >= 4 is 5.91 Å². The number of fused-ring (bicyclic) bond motifs is 1. The number of carbonyl (C=O) groups is 1. The molecule has 2 aliphatic rings. The van der Waals surface area contributed by atoms with E-state index >= 15 is 0 Å². The monoisotopic (exact) mass is 259 g/mol. The first kappa shape index (κ1) is 12.6. The van der Waals surface area contributed by atoms with E-state index in [0.717, 1.165) is 26.1 Å². The maximum atomic E-state index is 12.3. The average Bonchev–Trinajstić information content (AvgIpc) is 2.48. The minimum Gasteiger partial charge on any atom is -0.301 e. The predicted octanol–water partition coefficient (Wildman–Crippen LogP) is 1.22. The van der Waals surface area contributed by atoms with Gasteiger partial charge in [-0.05, 0) is 30.4 Å². The van der Waals surface area contributed by atoms with Crippen LogP contribution in [0.4, 0.5) is 0 Å². The van der Waals surface area contributed by atoms with Crippen molar-refractivity contribution in [3.63, 3.8) is 0 Å². The molecule has 3 rings (SSSR count). The fraction of sp³-hybridized carbons (Fsp3) is 0.533. The van der Waals surface area contributed by atoms with Crippen LogP contribution < -0.4 is 10.7 Å². The largest absolute Gasteiger partial charge is 0.301 e.